The lowest BCUT2D eigenvalue weighted by molar-refractivity contribution is 0.143. The summed E-state index contributed by atoms with van der Waals surface area (Å²) >= 11 is 1.80. The largest absolute Gasteiger partial charge is 0.497 e. The first-order valence-corrected chi connectivity index (χ1v) is 6.84. The molecule has 0 bridgehead atoms. The lowest BCUT2D eigenvalue weighted by Crippen LogP contribution is -2.24. The van der Waals surface area contributed by atoms with E-state index in [-0.39, 0.29) is 6.04 Å². The Bertz CT molecular complexity index is 440. The molecule has 4 heteroatoms. The minimum absolute atomic E-state index is 0.0553. The molecule has 18 heavy (non-hydrogen) atoms. The van der Waals surface area contributed by atoms with Gasteiger partial charge in [0.2, 0.25) is 0 Å². The molecule has 0 aliphatic heterocycles. The van der Waals surface area contributed by atoms with Gasteiger partial charge in [0.1, 0.15) is 5.75 Å². The van der Waals surface area contributed by atoms with E-state index in [0.717, 1.165) is 17.9 Å². The summed E-state index contributed by atoms with van der Waals surface area (Å²) in [5.74, 6) is 1.83. The molecule has 2 rings (SSSR count). The van der Waals surface area contributed by atoms with E-state index in [9.17, 15) is 0 Å². The van der Waals surface area contributed by atoms with Crippen molar-refractivity contribution in [3.05, 3.63) is 48.1 Å². The number of thioether (sulfide) groups is 1. The van der Waals surface area contributed by atoms with Crippen LogP contribution >= 0.6 is 11.8 Å². The minimum Gasteiger partial charge on any atom is -0.497 e. The van der Waals surface area contributed by atoms with Crippen molar-refractivity contribution in [2.24, 2.45) is 0 Å². The summed E-state index contributed by atoms with van der Waals surface area (Å²) in [6.45, 7) is 0. The summed E-state index contributed by atoms with van der Waals surface area (Å²) in [6.07, 6.45) is 7.05. The third-order valence-corrected chi connectivity index (χ3v) is 3.89. The van der Waals surface area contributed by atoms with Crippen LogP contribution in [0.25, 0.3) is 0 Å². The number of hydrogen-bond donors (Lipinski definition) is 2. The Morgan fingerprint density at radius 2 is 2.17 bits per heavy atom. The van der Waals surface area contributed by atoms with Crippen molar-refractivity contribution in [3.63, 3.8) is 0 Å². The van der Waals surface area contributed by atoms with E-state index in [2.05, 4.69) is 29.8 Å². The molecule has 0 heterocycles. The van der Waals surface area contributed by atoms with Gasteiger partial charge in [-0.15, -0.1) is 11.8 Å². The van der Waals surface area contributed by atoms with Crippen molar-refractivity contribution >= 4 is 11.8 Å². The third-order valence-electron chi connectivity index (χ3n) is 2.81. The molecule has 0 spiro atoms. The first kappa shape index (κ1) is 13.2. The van der Waals surface area contributed by atoms with Crippen LogP contribution in [0.2, 0.25) is 0 Å². The van der Waals surface area contributed by atoms with Crippen LogP contribution in [0.4, 0.5) is 0 Å². The van der Waals surface area contributed by atoms with Gasteiger partial charge >= 0.3 is 0 Å². The average molecular weight is 263 g/mol. The number of benzene rings is 1. The van der Waals surface area contributed by atoms with Gasteiger partial charge in [0, 0.05) is 10.6 Å². The van der Waals surface area contributed by atoms with Gasteiger partial charge in [-0.1, -0.05) is 18.2 Å². The molecule has 0 saturated carbocycles. The number of allylic oxidation sites excluding steroid dienone is 1. The van der Waals surface area contributed by atoms with Gasteiger partial charge in [-0.2, -0.15) is 5.48 Å². The molecule has 0 fully saturated rings. The summed E-state index contributed by atoms with van der Waals surface area (Å²) in [5, 5.41) is 8.79. The molecule has 0 amide bonds. The summed E-state index contributed by atoms with van der Waals surface area (Å²) in [4.78, 5) is 1.23. The lowest BCUT2D eigenvalue weighted by Gasteiger charge is -2.14. The van der Waals surface area contributed by atoms with Crippen LogP contribution in [0.5, 0.6) is 5.75 Å². The van der Waals surface area contributed by atoms with Gasteiger partial charge in [-0.05, 0) is 36.3 Å². The Balaban J connectivity index is 1.85. The normalized spacial score (nSPS) is 18.6. The van der Waals surface area contributed by atoms with Gasteiger partial charge in [-0.25, -0.2) is 0 Å². The molecular weight excluding hydrogens is 246 g/mol. The van der Waals surface area contributed by atoms with Crippen molar-refractivity contribution < 1.29 is 9.94 Å². The second-order valence-corrected chi connectivity index (χ2v) is 5.12. The van der Waals surface area contributed by atoms with E-state index < -0.39 is 0 Å². The van der Waals surface area contributed by atoms with Crippen LogP contribution in [0.1, 0.15) is 6.42 Å². The number of rotatable bonds is 5. The van der Waals surface area contributed by atoms with Crippen molar-refractivity contribution in [2.45, 2.75) is 17.4 Å². The highest BCUT2D eigenvalue weighted by atomic mass is 32.2. The molecule has 96 valence electrons. The number of hydrogen-bond acceptors (Lipinski definition) is 4. The van der Waals surface area contributed by atoms with Crippen LogP contribution in [0.15, 0.2) is 53.0 Å². The van der Waals surface area contributed by atoms with Gasteiger partial charge in [-0.3, -0.25) is 0 Å². The SMILES string of the molecule is COc1ccc(SCC2=CCC(NO)C=C2)cc1. The molecule has 1 unspecified atom stereocenters. The Morgan fingerprint density at radius 3 is 2.72 bits per heavy atom. The van der Waals surface area contributed by atoms with Crippen molar-refractivity contribution in [2.75, 3.05) is 12.9 Å². The van der Waals surface area contributed by atoms with Crippen LogP contribution in [-0.4, -0.2) is 24.1 Å². The second-order valence-electron chi connectivity index (χ2n) is 4.07. The number of hydroxylamine groups is 1. The molecule has 1 atom stereocenters. The molecule has 1 aliphatic carbocycles. The van der Waals surface area contributed by atoms with Crippen LogP contribution in [-0.2, 0) is 0 Å². The third kappa shape index (κ3) is 3.63. The van der Waals surface area contributed by atoms with E-state index in [0.29, 0.717) is 0 Å². The van der Waals surface area contributed by atoms with E-state index >= 15 is 0 Å². The standard InChI is InChI=1S/C14H17NO2S/c1-17-13-6-8-14(9-7-13)18-10-11-2-4-12(15-16)5-3-11/h2-4,6-9,12,15-16H,5,10H2,1H3. The fourth-order valence-electron chi connectivity index (χ4n) is 1.71. The minimum atomic E-state index is 0.0553. The molecule has 0 radical (unpaired) electrons. The van der Waals surface area contributed by atoms with Crippen molar-refractivity contribution in [1.82, 2.24) is 5.48 Å². The molecule has 1 aliphatic rings. The van der Waals surface area contributed by atoms with Gasteiger partial charge in [0.25, 0.3) is 0 Å². The Hall–Kier alpha value is -1.23. The van der Waals surface area contributed by atoms with Crippen LogP contribution < -0.4 is 10.2 Å². The number of nitrogens with one attached hydrogen (secondary N) is 1. The average Bonchev–Trinajstić information content (AvgIpc) is 2.46. The highest BCUT2D eigenvalue weighted by Gasteiger charge is 2.07. The first-order valence-electron chi connectivity index (χ1n) is 5.85. The summed E-state index contributed by atoms with van der Waals surface area (Å²) in [7, 11) is 1.67. The lowest BCUT2D eigenvalue weighted by atomic mass is 10.1. The summed E-state index contributed by atoms with van der Waals surface area (Å²) in [6, 6.07) is 8.13. The smallest absolute Gasteiger partial charge is 0.118 e. The maximum absolute atomic E-state index is 8.79. The Labute approximate surface area is 112 Å². The highest BCUT2D eigenvalue weighted by molar-refractivity contribution is 7.99. The molecule has 3 nitrogen and oxygen atoms in total. The molecule has 0 aromatic heterocycles. The fourth-order valence-corrected chi connectivity index (χ4v) is 2.58. The monoisotopic (exact) mass is 263 g/mol. The van der Waals surface area contributed by atoms with Gasteiger partial charge in [0.05, 0.1) is 13.2 Å². The molecule has 1 aromatic rings. The second kappa shape index (κ2) is 6.64. The van der Waals surface area contributed by atoms with E-state index in [1.807, 2.05) is 18.2 Å². The Morgan fingerprint density at radius 1 is 1.39 bits per heavy atom. The van der Waals surface area contributed by atoms with Crippen molar-refractivity contribution in [1.29, 1.82) is 0 Å². The van der Waals surface area contributed by atoms with Crippen molar-refractivity contribution in [3.8, 4) is 5.75 Å². The van der Waals surface area contributed by atoms with Gasteiger partial charge in [0.15, 0.2) is 0 Å². The summed E-state index contributed by atoms with van der Waals surface area (Å²) in [5.41, 5.74) is 3.55. The van der Waals surface area contributed by atoms with Gasteiger partial charge < -0.3 is 9.94 Å². The Kier molecular flexibility index (Phi) is 4.87. The van der Waals surface area contributed by atoms with E-state index in [1.165, 1.54) is 10.5 Å². The van der Waals surface area contributed by atoms with E-state index in [1.54, 1.807) is 18.9 Å². The molecule has 1 aromatic carbocycles. The molecule has 0 saturated heterocycles. The first-order chi connectivity index (χ1) is 8.81. The topological polar surface area (TPSA) is 41.5 Å². The van der Waals surface area contributed by atoms with Crippen LogP contribution in [0, 0.1) is 0 Å². The zero-order valence-corrected chi connectivity index (χ0v) is 11.1. The maximum atomic E-state index is 8.79. The fraction of sp³-hybridized carbons (Fsp3) is 0.286. The molecular formula is C14H17NO2S. The highest BCUT2D eigenvalue weighted by Crippen LogP contribution is 2.24. The van der Waals surface area contributed by atoms with Crippen LogP contribution in [0.3, 0.4) is 0 Å². The van der Waals surface area contributed by atoms with E-state index in [4.69, 9.17) is 9.94 Å². The number of methoxy groups -OCH3 is 1. The maximum Gasteiger partial charge on any atom is 0.118 e. The zero-order chi connectivity index (χ0) is 12.8. The predicted octanol–water partition coefficient (Wildman–Crippen LogP) is 3.02. The predicted molar refractivity (Wildman–Crippen MR) is 74.3 cm³/mol. The summed E-state index contributed by atoms with van der Waals surface area (Å²) < 4.78 is 5.13. The zero-order valence-electron chi connectivity index (χ0n) is 10.3. The molecule has 2 N–H and O–H groups in total. The number of ether oxygens (including phenoxy) is 1. The quantitative estimate of drug-likeness (QED) is 0.633.